The van der Waals surface area contributed by atoms with Crippen LogP contribution in [0.5, 0.6) is 34.5 Å². The summed E-state index contributed by atoms with van der Waals surface area (Å²) in [6.07, 6.45) is 4.78. The molecule has 3 aromatic rings. The van der Waals surface area contributed by atoms with Crippen molar-refractivity contribution in [3.8, 4) is 34.5 Å². The maximum atomic E-state index is 12.8. The van der Waals surface area contributed by atoms with Crippen molar-refractivity contribution < 1.29 is 34.0 Å². The third-order valence-corrected chi connectivity index (χ3v) is 5.11. The summed E-state index contributed by atoms with van der Waals surface area (Å²) < 4.78 is 21.8. The first-order chi connectivity index (χ1) is 16.4. The van der Waals surface area contributed by atoms with Crippen LogP contribution in [0.15, 0.2) is 66.7 Å². The van der Waals surface area contributed by atoms with Gasteiger partial charge in [0.1, 0.15) is 17.2 Å². The predicted octanol–water partition coefficient (Wildman–Crippen LogP) is 5.11. The monoisotopic (exact) mass is 462 g/mol. The maximum absolute atomic E-state index is 12.8. The molecular formula is C27H26O7. The molecule has 3 aromatic carbocycles. The second-order valence-corrected chi connectivity index (χ2v) is 7.15. The van der Waals surface area contributed by atoms with Gasteiger partial charge in [-0.1, -0.05) is 24.3 Å². The van der Waals surface area contributed by atoms with Crippen molar-refractivity contribution in [2.45, 2.75) is 0 Å². The summed E-state index contributed by atoms with van der Waals surface area (Å²) in [5, 5.41) is 19.7. The number of carbonyl (C=O) groups is 1. The average molecular weight is 462 g/mol. The number of phenols is 2. The number of hydrogen-bond acceptors (Lipinski definition) is 7. The minimum Gasteiger partial charge on any atom is -0.508 e. The first-order valence-corrected chi connectivity index (χ1v) is 10.3. The molecule has 0 bridgehead atoms. The summed E-state index contributed by atoms with van der Waals surface area (Å²) >= 11 is 0. The van der Waals surface area contributed by atoms with Crippen molar-refractivity contribution in [2.24, 2.45) is 0 Å². The number of para-hydroxylation sites is 1. The van der Waals surface area contributed by atoms with Crippen LogP contribution >= 0.6 is 0 Å². The van der Waals surface area contributed by atoms with E-state index in [-0.39, 0.29) is 17.1 Å². The molecule has 0 atom stereocenters. The minimum absolute atomic E-state index is 0.0159. The molecule has 0 unspecified atom stereocenters. The van der Waals surface area contributed by atoms with E-state index in [1.807, 2.05) is 30.3 Å². The Kier molecular flexibility index (Phi) is 7.82. The van der Waals surface area contributed by atoms with E-state index in [0.29, 0.717) is 34.1 Å². The zero-order valence-corrected chi connectivity index (χ0v) is 19.4. The molecule has 0 aliphatic carbocycles. The van der Waals surface area contributed by atoms with Crippen molar-refractivity contribution in [1.82, 2.24) is 0 Å². The van der Waals surface area contributed by atoms with Crippen LogP contribution in [0.3, 0.4) is 0 Å². The molecule has 0 saturated carbocycles. The lowest BCUT2D eigenvalue weighted by atomic mass is 9.99. The van der Waals surface area contributed by atoms with E-state index < -0.39 is 5.78 Å². The highest BCUT2D eigenvalue weighted by Crippen LogP contribution is 2.41. The zero-order valence-electron chi connectivity index (χ0n) is 19.4. The number of rotatable bonds is 9. The van der Waals surface area contributed by atoms with E-state index in [1.54, 1.807) is 25.3 Å². The fourth-order valence-corrected chi connectivity index (χ4v) is 3.41. The predicted molar refractivity (Wildman–Crippen MR) is 130 cm³/mol. The van der Waals surface area contributed by atoms with Gasteiger partial charge in [-0.3, -0.25) is 4.79 Å². The van der Waals surface area contributed by atoms with E-state index >= 15 is 0 Å². The van der Waals surface area contributed by atoms with Gasteiger partial charge >= 0.3 is 0 Å². The smallest absolute Gasteiger partial charge is 0.203 e. The van der Waals surface area contributed by atoms with Gasteiger partial charge in [0.05, 0.1) is 34.0 Å². The lowest BCUT2D eigenvalue weighted by Crippen LogP contribution is -1.98. The summed E-state index contributed by atoms with van der Waals surface area (Å²) in [6, 6.07) is 14.8. The molecule has 0 amide bonds. The Morgan fingerprint density at radius 1 is 0.765 bits per heavy atom. The Hall–Kier alpha value is -4.39. The first-order valence-electron chi connectivity index (χ1n) is 10.3. The van der Waals surface area contributed by atoms with Crippen molar-refractivity contribution in [3.63, 3.8) is 0 Å². The minimum atomic E-state index is -0.480. The van der Waals surface area contributed by atoms with Gasteiger partial charge in [-0.15, -0.1) is 0 Å². The van der Waals surface area contributed by atoms with Crippen LogP contribution in [-0.2, 0) is 0 Å². The standard InChI is InChI=1S/C27H26O7/c1-31-24-8-6-5-7-18(24)13-17(9-11-22(29)21-16-20(28)10-12-23(21)30)19-14-25(32-2)27(34-4)26(15-19)33-3/h5-16,28,30H,1-4H3/b11-9+,17-13+. The Morgan fingerprint density at radius 3 is 2.03 bits per heavy atom. The lowest BCUT2D eigenvalue weighted by molar-refractivity contribution is 0.104. The second kappa shape index (κ2) is 11.0. The molecule has 0 aliphatic heterocycles. The van der Waals surface area contributed by atoms with Crippen LogP contribution in [0.1, 0.15) is 21.5 Å². The molecule has 7 nitrogen and oxygen atoms in total. The third kappa shape index (κ3) is 5.32. The van der Waals surface area contributed by atoms with Gasteiger partial charge in [0.15, 0.2) is 17.3 Å². The normalized spacial score (nSPS) is 11.4. The van der Waals surface area contributed by atoms with Crippen molar-refractivity contribution >= 4 is 17.4 Å². The number of phenolic OH excluding ortho intramolecular Hbond substituents is 2. The van der Waals surface area contributed by atoms with E-state index in [0.717, 1.165) is 5.56 Å². The first kappa shape index (κ1) is 24.3. The molecule has 0 radical (unpaired) electrons. The van der Waals surface area contributed by atoms with E-state index in [4.69, 9.17) is 18.9 Å². The Balaban J connectivity index is 2.16. The number of hydrogen-bond donors (Lipinski definition) is 2. The van der Waals surface area contributed by atoms with Gasteiger partial charge in [0.2, 0.25) is 5.75 Å². The fraction of sp³-hybridized carbons (Fsp3) is 0.148. The molecule has 0 spiro atoms. The molecule has 0 fully saturated rings. The molecular weight excluding hydrogens is 436 g/mol. The molecule has 3 rings (SSSR count). The Bertz CT molecular complexity index is 1220. The van der Waals surface area contributed by atoms with Crippen molar-refractivity contribution in [3.05, 3.63) is 83.4 Å². The Morgan fingerprint density at radius 2 is 1.41 bits per heavy atom. The third-order valence-electron chi connectivity index (χ3n) is 5.11. The highest BCUT2D eigenvalue weighted by Gasteiger charge is 2.16. The summed E-state index contributed by atoms with van der Waals surface area (Å²) in [7, 11) is 6.14. The number of methoxy groups -OCH3 is 4. The largest absolute Gasteiger partial charge is 0.508 e. The van der Waals surface area contributed by atoms with Crippen LogP contribution in [-0.4, -0.2) is 44.4 Å². The van der Waals surface area contributed by atoms with Gasteiger partial charge < -0.3 is 29.2 Å². The second-order valence-electron chi connectivity index (χ2n) is 7.15. The molecule has 0 aromatic heterocycles. The molecule has 0 aliphatic rings. The molecule has 34 heavy (non-hydrogen) atoms. The molecule has 0 heterocycles. The van der Waals surface area contributed by atoms with Gasteiger partial charge in [0, 0.05) is 5.56 Å². The maximum Gasteiger partial charge on any atom is 0.203 e. The van der Waals surface area contributed by atoms with Gasteiger partial charge in [-0.25, -0.2) is 0 Å². The summed E-state index contributed by atoms with van der Waals surface area (Å²) in [5.41, 5.74) is 2.09. The molecule has 176 valence electrons. The molecule has 7 heteroatoms. The number of allylic oxidation sites excluding steroid dienone is 3. The van der Waals surface area contributed by atoms with E-state index in [1.165, 1.54) is 45.6 Å². The zero-order chi connectivity index (χ0) is 24.7. The number of carbonyl (C=O) groups excluding carboxylic acids is 1. The van der Waals surface area contributed by atoms with Gasteiger partial charge in [0.25, 0.3) is 0 Å². The summed E-state index contributed by atoms with van der Waals surface area (Å²) in [4.78, 5) is 12.8. The van der Waals surface area contributed by atoms with Gasteiger partial charge in [-0.05, 0) is 59.7 Å². The van der Waals surface area contributed by atoms with Crippen LogP contribution in [0.2, 0.25) is 0 Å². The molecule has 2 N–H and O–H groups in total. The topological polar surface area (TPSA) is 94.5 Å². The highest BCUT2D eigenvalue weighted by molar-refractivity contribution is 6.08. The summed E-state index contributed by atoms with van der Waals surface area (Å²) in [6.45, 7) is 0. The van der Waals surface area contributed by atoms with Gasteiger partial charge in [-0.2, -0.15) is 0 Å². The summed E-state index contributed by atoms with van der Waals surface area (Å²) in [5.74, 6) is 1.17. The van der Waals surface area contributed by atoms with Crippen molar-refractivity contribution in [1.29, 1.82) is 0 Å². The van der Waals surface area contributed by atoms with Crippen LogP contribution in [0, 0.1) is 0 Å². The number of aromatic hydroxyl groups is 2. The Labute approximate surface area is 198 Å². The number of ketones is 1. The number of ether oxygens (including phenoxy) is 4. The highest BCUT2D eigenvalue weighted by atomic mass is 16.5. The van der Waals surface area contributed by atoms with Crippen molar-refractivity contribution in [2.75, 3.05) is 28.4 Å². The quantitative estimate of drug-likeness (QED) is 0.150. The average Bonchev–Trinajstić information content (AvgIpc) is 2.86. The van der Waals surface area contributed by atoms with Crippen LogP contribution < -0.4 is 18.9 Å². The lowest BCUT2D eigenvalue weighted by Gasteiger charge is -2.15. The van der Waals surface area contributed by atoms with Crippen LogP contribution in [0.25, 0.3) is 11.6 Å². The molecule has 0 saturated heterocycles. The van der Waals surface area contributed by atoms with E-state index in [2.05, 4.69) is 0 Å². The van der Waals surface area contributed by atoms with Crippen LogP contribution in [0.4, 0.5) is 0 Å². The fourth-order valence-electron chi connectivity index (χ4n) is 3.41. The SMILES string of the molecule is COc1ccccc1/C=C(\C=C\C(=O)c1cc(O)ccc1O)c1cc(OC)c(OC)c(OC)c1. The number of benzene rings is 3. The van der Waals surface area contributed by atoms with E-state index in [9.17, 15) is 15.0 Å².